The van der Waals surface area contributed by atoms with Crippen LogP contribution < -0.4 is 5.32 Å². The molecule has 1 aliphatic carbocycles. The van der Waals surface area contributed by atoms with Gasteiger partial charge < -0.3 is 10.4 Å². The first-order valence-electron chi connectivity index (χ1n) is 6.94. The van der Waals surface area contributed by atoms with Gasteiger partial charge in [-0.05, 0) is 43.0 Å². The summed E-state index contributed by atoms with van der Waals surface area (Å²) < 4.78 is 13.7. The third kappa shape index (κ3) is 2.49. The third-order valence-electron chi connectivity index (χ3n) is 3.90. The minimum Gasteiger partial charge on any atom is -0.507 e. The predicted octanol–water partition coefficient (Wildman–Crippen LogP) is 3.26. The van der Waals surface area contributed by atoms with Crippen LogP contribution in [0.1, 0.15) is 39.5 Å². The number of fused-ring (bicyclic) bond motifs is 1. The molecule has 2 N–H and O–H groups in total. The molecule has 3 rings (SSSR count). The predicted molar refractivity (Wildman–Crippen MR) is 77.8 cm³/mol. The summed E-state index contributed by atoms with van der Waals surface area (Å²) >= 11 is 0. The number of carbonyl (C=O) groups is 1. The van der Waals surface area contributed by atoms with E-state index in [-0.39, 0.29) is 17.4 Å². The van der Waals surface area contributed by atoms with Gasteiger partial charge in [0.05, 0.1) is 6.04 Å². The number of aryl methyl sites for hydroxylation is 2. The molecule has 2 aromatic rings. The fourth-order valence-corrected chi connectivity index (χ4v) is 2.86. The second-order valence-electron chi connectivity index (χ2n) is 5.40. The van der Waals surface area contributed by atoms with Crippen molar-refractivity contribution in [1.29, 1.82) is 0 Å². The minimum atomic E-state index is -0.713. The molecule has 1 amide bonds. The van der Waals surface area contributed by atoms with Crippen molar-refractivity contribution in [3.8, 4) is 5.75 Å². The molecular formula is C17H16FNO2. The van der Waals surface area contributed by atoms with Crippen molar-refractivity contribution >= 4 is 5.91 Å². The lowest BCUT2D eigenvalue weighted by Gasteiger charge is -2.15. The highest BCUT2D eigenvalue weighted by molar-refractivity contribution is 5.97. The van der Waals surface area contributed by atoms with Gasteiger partial charge in [0, 0.05) is 0 Å². The van der Waals surface area contributed by atoms with E-state index in [9.17, 15) is 14.3 Å². The van der Waals surface area contributed by atoms with Crippen molar-refractivity contribution in [2.75, 3.05) is 0 Å². The summed E-state index contributed by atoms with van der Waals surface area (Å²) in [6.07, 6.45) is 1.69. The molecule has 0 bridgehead atoms. The smallest absolute Gasteiger partial charge is 0.258 e. The first-order valence-corrected chi connectivity index (χ1v) is 6.94. The molecule has 1 atom stereocenters. The normalized spacial score (nSPS) is 16.6. The number of amides is 1. The maximum absolute atomic E-state index is 13.7. The Morgan fingerprint density at radius 2 is 2.14 bits per heavy atom. The van der Waals surface area contributed by atoms with Crippen LogP contribution in [0.4, 0.5) is 4.39 Å². The average molecular weight is 285 g/mol. The highest BCUT2D eigenvalue weighted by atomic mass is 19.1. The van der Waals surface area contributed by atoms with Gasteiger partial charge in [-0.15, -0.1) is 0 Å². The fourth-order valence-electron chi connectivity index (χ4n) is 2.86. The molecular weight excluding hydrogens is 269 g/mol. The van der Waals surface area contributed by atoms with Gasteiger partial charge in [-0.1, -0.05) is 29.8 Å². The molecule has 3 nitrogen and oxygen atoms in total. The van der Waals surface area contributed by atoms with Crippen molar-refractivity contribution in [3.05, 3.63) is 64.5 Å². The lowest BCUT2D eigenvalue weighted by Crippen LogP contribution is -2.28. The molecule has 0 radical (unpaired) electrons. The first-order chi connectivity index (χ1) is 10.1. The average Bonchev–Trinajstić information content (AvgIpc) is 2.80. The monoisotopic (exact) mass is 285 g/mol. The Labute approximate surface area is 122 Å². The molecule has 0 saturated heterocycles. The molecule has 0 aromatic heterocycles. The van der Waals surface area contributed by atoms with E-state index in [1.165, 1.54) is 29.3 Å². The van der Waals surface area contributed by atoms with Crippen LogP contribution in [0.25, 0.3) is 0 Å². The number of rotatable bonds is 2. The van der Waals surface area contributed by atoms with Crippen molar-refractivity contribution in [1.82, 2.24) is 5.32 Å². The van der Waals surface area contributed by atoms with Crippen LogP contribution in [0.15, 0.2) is 36.4 Å². The number of aromatic hydroxyl groups is 1. The summed E-state index contributed by atoms with van der Waals surface area (Å²) in [5.41, 5.74) is 3.19. The number of carbonyl (C=O) groups excluding carboxylic acids is 1. The maximum atomic E-state index is 13.7. The summed E-state index contributed by atoms with van der Waals surface area (Å²) in [6, 6.07) is 9.84. The van der Waals surface area contributed by atoms with Crippen LogP contribution in [0.5, 0.6) is 5.75 Å². The summed E-state index contributed by atoms with van der Waals surface area (Å²) in [7, 11) is 0. The van der Waals surface area contributed by atoms with Crippen molar-refractivity contribution in [2.45, 2.75) is 25.8 Å². The maximum Gasteiger partial charge on any atom is 0.258 e. The van der Waals surface area contributed by atoms with E-state index in [4.69, 9.17) is 0 Å². The van der Waals surface area contributed by atoms with E-state index < -0.39 is 11.7 Å². The van der Waals surface area contributed by atoms with Gasteiger partial charge in [0.1, 0.15) is 17.1 Å². The van der Waals surface area contributed by atoms with Crippen molar-refractivity contribution in [3.63, 3.8) is 0 Å². The number of hydrogen-bond acceptors (Lipinski definition) is 2. The van der Waals surface area contributed by atoms with Crippen LogP contribution in [0.3, 0.4) is 0 Å². The van der Waals surface area contributed by atoms with Crippen molar-refractivity contribution < 1.29 is 14.3 Å². The van der Waals surface area contributed by atoms with Crippen LogP contribution in [-0.2, 0) is 6.42 Å². The van der Waals surface area contributed by atoms with E-state index in [1.807, 2.05) is 19.1 Å². The minimum absolute atomic E-state index is 0.132. The first kappa shape index (κ1) is 13.6. The fraction of sp³-hybridized carbons (Fsp3) is 0.235. The Balaban J connectivity index is 1.85. The number of phenols is 1. The molecule has 0 saturated carbocycles. The summed E-state index contributed by atoms with van der Waals surface area (Å²) in [5, 5.41) is 12.5. The van der Waals surface area contributed by atoms with Gasteiger partial charge in [-0.25, -0.2) is 4.39 Å². The van der Waals surface area contributed by atoms with E-state index in [2.05, 4.69) is 11.4 Å². The number of halogens is 1. The van der Waals surface area contributed by atoms with Crippen LogP contribution in [0, 0.1) is 12.7 Å². The Bertz CT molecular complexity index is 692. The summed E-state index contributed by atoms with van der Waals surface area (Å²) in [5.74, 6) is -1.63. The lowest BCUT2D eigenvalue weighted by molar-refractivity contribution is 0.0929. The zero-order valence-corrected chi connectivity index (χ0v) is 11.7. The standard InChI is InChI=1S/C17H16FNO2/c1-10-5-7-12-11(9-10)6-8-14(12)19-17(21)16-13(18)3-2-4-15(16)20/h2-5,7,9,14,20H,6,8H2,1H3,(H,19,21)/t14-/m1/s1. The molecule has 2 aromatic carbocycles. The number of benzene rings is 2. The van der Waals surface area contributed by atoms with Crippen molar-refractivity contribution in [2.24, 2.45) is 0 Å². The summed E-state index contributed by atoms with van der Waals surface area (Å²) in [6.45, 7) is 2.03. The van der Waals surface area contributed by atoms with Gasteiger partial charge in [0.15, 0.2) is 0 Å². The molecule has 0 unspecified atom stereocenters. The molecule has 0 heterocycles. The van der Waals surface area contributed by atoms with Gasteiger partial charge in [-0.2, -0.15) is 0 Å². The number of hydrogen-bond donors (Lipinski definition) is 2. The Hall–Kier alpha value is -2.36. The van der Waals surface area contributed by atoms with E-state index >= 15 is 0 Å². The topological polar surface area (TPSA) is 49.3 Å². The second kappa shape index (κ2) is 5.20. The highest BCUT2D eigenvalue weighted by Crippen LogP contribution is 2.32. The third-order valence-corrected chi connectivity index (χ3v) is 3.90. The summed E-state index contributed by atoms with van der Waals surface area (Å²) in [4.78, 5) is 12.2. The largest absolute Gasteiger partial charge is 0.507 e. The molecule has 108 valence electrons. The lowest BCUT2D eigenvalue weighted by atomic mass is 10.0. The van der Waals surface area contributed by atoms with Gasteiger partial charge in [-0.3, -0.25) is 4.79 Å². The van der Waals surface area contributed by atoms with Gasteiger partial charge >= 0.3 is 0 Å². The van der Waals surface area contributed by atoms with Gasteiger partial charge in [0.25, 0.3) is 5.91 Å². The Morgan fingerprint density at radius 3 is 2.90 bits per heavy atom. The molecule has 0 spiro atoms. The quantitative estimate of drug-likeness (QED) is 0.889. The van der Waals surface area contributed by atoms with E-state index in [0.29, 0.717) is 0 Å². The zero-order valence-electron chi connectivity index (χ0n) is 11.7. The van der Waals surface area contributed by atoms with Crippen LogP contribution >= 0.6 is 0 Å². The molecule has 4 heteroatoms. The van der Waals surface area contributed by atoms with E-state index in [1.54, 1.807) is 0 Å². The van der Waals surface area contributed by atoms with Crippen LogP contribution in [0.2, 0.25) is 0 Å². The molecule has 1 aliphatic rings. The molecule has 21 heavy (non-hydrogen) atoms. The molecule has 0 fully saturated rings. The van der Waals surface area contributed by atoms with Gasteiger partial charge in [0.2, 0.25) is 0 Å². The Kier molecular flexibility index (Phi) is 3.37. The zero-order chi connectivity index (χ0) is 15.0. The SMILES string of the molecule is Cc1ccc2c(c1)CC[C@H]2NC(=O)c1c(O)cccc1F. The number of nitrogens with one attached hydrogen (secondary N) is 1. The number of phenolic OH excluding ortho intramolecular Hbond substituents is 1. The highest BCUT2D eigenvalue weighted by Gasteiger charge is 2.26. The van der Waals surface area contributed by atoms with E-state index in [0.717, 1.165) is 18.4 Å². The molecule has 0 aliphatic heterocycles. The second-order valence-corrected chi connectivity index (χ2v) is 5.40. The Morgan fingerprint density at radius 1 is 1.33 bits per heavy atom. The van der Waals surface area contributed by atoms with Crippen LogP contribution in [-0.4, -0.2) is 11.0 Å².